The second-order valence-corrected chi connectivity index (χ2v) is 3.12. The molecule has 1 aromatic rings. The number of ether oxygens (including phenoxy) is 1. The highest BCUT2D eigenvalue weighted by Crippen LogP contribution is 1.86. The molecule has 0 saturated heterocycles. The van der Waals surface area contributed by atoms with Gasteiger partial charge in [0.1, 0.15) is 6.33 Å². The third-order valence-corrected chi connectivity index (χ3v) is 1.73. The van der Waals surface area contributed by atoms with Crippen LogP contribution in [0, 0.1) is 0 Å². The second kappa shape index (κ2) is 6.73. The number of carbonyl (C=O) groups is 1. The number of aromatic nitrogens is 3. The van der Waals surface area contributed by atoms with Crippen LogP contribution in [0.15, 0.2) is 18.5 Å². The van der Waals surface area contributed by atoms with Crippen molar-refractivity contribution in [1.82, 2.24) is 20.1 Å². The van der Waals surface area contributed by atoms with E-state index in [0.717, 1.165) is 5.82 Å². The molecule has 0 radical (unpaired) electrons. The van der Waals surface area contributed by atoms with Crippen LogP contribution < -0.4 is 5.32 Å². The molecule has 1 aromatic heterocycles. The summed E-state index contributed by atoms with van der Waals surface area (Å²) in [7, 11) is 1.82. The molecule has 0 bridgehead atoms. The van der Waals surface area contributed by atoms with Crippen molar-refractivity contribution in [2.75, 3.05) is 13.2 Å². The molecule has 0 atom stereocenters. The predicted molar refractivity (Wildman–Crippen MR) is 58.5 cm³/mol. The van der Waals surface area contributed by atoms with E-state index in [9.17, 15) is 4.79 Å². The molecule has 1 N–H and O–H groups in total. The molecule has 0 unspecified atom stereocenters. The molecular formula is C10H16N4O2. The summed E-state index contributed by atoms with van der Waals surface area (Å²) in [6.07, 6.45) is 4.76. The van der Waals surface area contributed by atoms with E-state index in [-0.39, 0.29) is 5.97 Å². The average Bonchev–Trinajstić information content (AvgIpc) is 2.64. The van der Waals surface area contributed by atoms with Gasteiger partial charge in [-0.05, 0) is 6.92 Å². The monoisotopic (exact) mass is 224 g/mol. The van der Waals surface area contributed by atoms with E-state index < -0.39 is 0 Å². The lowest BCUT2D eigenvalue weighted by Crippen LogP contribution is -2.14. The Hall–Kier alpha value is -1.69. The molecule has 0 amide bonds. The fourth-order valence-corrected chi connectivity index (χ4v) is 1.08. The molecule has 0 aliphatic rings. The van der Waals surface area contributed by atoms with Gasteiger partial charge in [0, 0.05) is 19.7 Å². The van der Waals surface area contributed by atoms with Gasteiger partial charge < -0.3 is 10.1 Å². The maximum absolute atomic E-state index is 10.9. The molecule has 0 saturated carbocycles. The summed E-state index contributed by atoms with van der Waals surface area (Å²) in [4.78, 5) is 15.0. The first-order valence-electron chi connectivity index (χ1n) is 5.11. The minimum Gasteiger partial charge on any atom is -0.463 e. The zero-order valence-electron chi connectivity index (χ0n) is 9.51. The van der Waals surface area contributed by atoms with Crippen molar-refractivity contribution in [2.24, 2.45) is 7.05 Å². The van der Waals surface area contributed by atoms with E-state index in [1.54, 1.807) is 24.0 Å². The number of esters is 1. The van der Waals surface area contributed by atoms with Gasteiger partial charge in [0.2, 0.25) is 0 Å². The van der Waals surface area contributed by atoms with Gasteiger partial charge >= 0.3 is 5.97 Å². The fraction of sp³-hybridized carbons (Fsp3) is 0.500. The summed E-state index contributed by atoms with van der Waals surface area (Å²) in [5.74, 6) is 0.410. The van der Waals surface area contributed by atoms with Crippen LogP contribution in [0.4, 0.5) is 0 Å². The van der Waals surface area contributed by atoms with Gasteiger partial charge in [0.05, 0.1) is 13.2 Å². The van der Waals surface area contributed by atoms with Gasteiger partial charge in [-0.15, -0.1) is 0 Å². The van der Waals surface area contributed by atoms with Crippen LogP contribution in [0.5, 0.6) is 0 Å². The third kappa shape index (κ3) is 4.70. The zero-order chi connectivity index (χ0) is 11.8. The lowest BCUT2D eigenvalue weighted by Gasteiger charge is -1.97. The predicted octanol–water partition coefficient (Wildman–Crippen LogP) is 0.0240. The van der Waals surface area contributed by atoms with Crippen molar-refractivity contribution in [3.8, 4) is 0 Å². The minimum absolute atomic E-state index is 0.319. The van der Waals surface area contributed by atoms with E-state index in [2.05, 4.69) is 15.4 Å². The second-order valence-electron chi connectivity index (χ2n) is 3.12. The average molecular weight is 224 g/mol. The first-order chi connectivity index (χ1) is 7.72. The van der Waals surface area contributed by atoms with E-state index in [0.29, 0.717) is 19.7 Å². The summed E-state index contributed by atoms with van der Waals surface area (Å²) >= 11 is 0. The topological polar surface area (TPSA) is 69.0 Å². The normalized spacial score (nSPS) is 10.9. The molecular weight excluding hydrogens is 208 g/mol. The Morgan fingerprint density at radius 3 is 3.12 bits per heavy atom. The number of hydrogen-bond donors (Lipinski definition) is 1. The number of carbonyl (C=O) groups excluding carboxylic acids is 1. The molecule has 0 aliphatic heterocycles. The minimum atomic E-state index is -0.319. The molecule has 0 aromatic carbocycles. The number of rotatable bonds is 6. The number of hydrogen-bond acceptors (Lipinski definition) is 5. The highest BCUT2D eigenvalue weighted by Gasteiger charge is 1.96. The number of nitrogens with zero attached hydrogens (tertiary/aromatic N) is 3. The standard InChI is InChI=1S/C10H16N4O2/c1-3-16-10(15)5-4-6-11-7-9-12-8-14(2)13-9/h4-5,8,11H,3,6-7H2,1-2H3/b5-4+. The fourth-order valence-electron chi connectivity index (χ4n) is 1.08. The Morgan fingerprint density at radius 1 is 1.69 bits per heavy atom. The molecule has 1 rings (SSSR count). The smallest absolute Gasteiger partial charge is 0.330 e. The van der Waals surface area contributed by atoms with Crippen LogP contribution in [-0.2, 0) is 23.1 Å². The first kappa shape index (κ1) is 12.4. The molecule has 6 nitrogen and oxygen atoms in total. The van der Waals surface area contributed by atoms with Crippen molar-refractivity contribution in [1.29, 1.82) is 0 Å². The molecule has 0 fully saturated rings. The zero-order valence-corrected chi connectivity index (χ0v) is 9.51. The lowest BCUT2D eigenvalue weighted by molar-refractivity contribution is -0.137. The van der Waals surface area contributed by atoms with Crippen LogP contribution in [0.25, 0.3) is 0 Å². The highest BCUT2D eigenvalue weighted by atomic mass is 16.5. The summed E-state index contributed by atoms with van der Waals surface area (Å²) in [5, 5.41) is 7.18. The molecule has 16 heavy (non-hydrogen) atoms. The Balaban J connectivity index is 2.14. The first-order valence-corrected chi connectivity index (χ1v) is 5.11. The summed E-state index contributed by atoms with van der Waals surface area (Å²) in [6, 6.07) is 0. The quantitative estimate of drug-likeness (QED) is 0.419. The van der Waals surface area contributed by atoms with Crippen LogP contribution in [0.3, 0.4) is 0 Å². The molecule has 0 spiro atoms. The Morgan fingerprint density at radius 2 is 2.50 bits per heavy atom. The molecule has 1 heterocycles. The van der Waals surface area contributed by atoms with Crippen molar-refractivity contribution in [2.45, 2.75) is 13.5 Å². The Kier molecular flexibility index (Phi) is 5.21. The van der Waals surface area contributed by atoms with Crippen LogP contribution >= 0.6 is 0 Å². The Bertz CT molecular complexity index is 359. The van der Waals surface area contributed by atoms with Crippen molar-refractivity contribution in [3.05, 3.63) is 24.3 Å². The van der Waals surface area contributed by atoms with Gasteiger partial charge in [0.15, 0.2) is 5.82 Å². The van der Waals surface area contributed by atoms with E-state index in [1.165, 1.54) is 6.08 Å². The van der Waals surface area contributed by atoms with Gasteiger partial charge in [-0.1, -0.05) is 6.08 Å². The van der Waals surface area contributed by atoms with Gasteiger partial charge in [-0.3, -0.25) is 4.68 Å². The van der Waals surface area contributed by atoms with Crippen LogP contribution in [-0.4, -0.2) is 33.9 Å². The van der Waals surface area contributed by atoms with E-state index >= 15 is 0 Å². The van der Waals surface area contributed by atoms with Gasteiger partial charge in [-0.25, -0.2) is 9.78 Å². The number of aryl methyl sites for hydroxylation is 1. The van der Waals surface area contributed by atoms with E-state index in [4.69, 9.17) is 4.74 Å². The summed E-state index contributed by atoms with van der Waals surface area (Å²) in [6.45, 7) is 3.33. The van der Waals surface area contributed by atoms with Gasteiger partial charge in [0.25, 0.3) is 0 Å². The molecule has 0 aliphatic carbocycles. The Labute approximate surface area is 94.3 Å². The van der Waals surface area contributed by atoms with E-state index in [1.807, 2.05) is 7.05 Å². The van der Waals surface area contributed by atoms with Crippen molar-refractivity contribution < 1.29 is 9.53 Å². The summed E-state index contributed by atoms with van der Waals surface area (Å²) < 4.78 is 6.37. The largest absolute Gasteiger partial charge is 0.463 e. The summed E-state index contributed by atoms with van der Waals surface area (Å²) in [5.41, 5.74) is 0. The lowest BCUT2D eigenvalue weighted by atomic mass is 10.4. The molecule has 6 heteroatoms. The maximum Gasteiger partial charge on any atom is 0.330 e. The van der Waals surface area contributed by atoms with Crippen molar-refractivity contribution >= 4 is 5.97 Å². The third-order valence-electron chi connectivity index (χ3n) is 1.73. The van der Waals surface area contributed by atoms with Crippen LogP contribution in [0.1, 0.15) is 12.7 Å². The SMILES string of the molecule is CCOC(=O)/C=C/CNCc1ncn(C)n1. The van der Waals surface area contributed by atoms with Crippen molar-refractivity contribution in [3.63, 3.8) is 0 Å². The van der Waals surface area contributed by atoms with Crippen LogP contribution in [0.2, 0.25) is 0 Å². The molecule has 88 valence electrons. The maximum atomic E-state index is 10.9. The number of nitrogens with one attached hydrogen (secondary N) is 1. The van der Waals surface area contributed by atoms with Gasteiger partial charge in [-0.2, -0.15) is 5.10 Å². The highest BCUT2D eigenvalue weighted by molar-refractivity contribution is 5.81.